The van der Waals surface area contributed by atoms with Crippen molar-refractivity contribution in [3.05, 3.63) is 11.8 Å². The number of aryl methyl sites for hydroxylation is 1. The monoisotopic (exact) mass is 242 g/mol. The highest BCUT2D eigenvalue weighted by Gasteiger charge is 2.24. The van der Waals surface area contributed by atoms with Crippen LogP contribution in [0.4, 0.5) is 3.89 Å². The van der Waals surface area contributed by atoms with Gasteiger partial charge in [0.15, 0.2) is 9.84 Å². The second kappa shape index (κ2) is 3.06. The maximum absolute atomic E-state index is 12.4. The van der Waals surface area contributed by atoms with Crippen molar-refractivity contribution in [3.8, 4) is 0 Å². The van der Waals surface area contributed by atoms with Crippen molar-refractivity contribution >= 4 is 20.1 Å². The molecule has 8 heteroatoms. The van der Waals surface area contributed by atoms with Crippen molar-refractivity contribution in [1.82, 2.24) is 0 Å². The number of rotatable bonds is 2. The van der Waals surface area contributed by atoms with Gasteiger partial charge in [-0.15, -0.1) is 0 Å². The third-order valence-electron chi connectivity index (χ3n) is 1.49. The first-order chi connectivity index (χ1) is 6.12. The van der Waals surface area contributed by atoms with Crippen LogP contribution in [0, 0.1) is 6.92 Å². The lowest BCUT2D eigenvalue weighted by Gasteiger charge is -1.90. The van der Waals surface area contributed by atoms with E-state index in [1.54, 1.807) is 0 Å². The minimum absolute atomic E-state index is 0.149. The van der Waals surface area contributed by atoms with Gasteiger partial charge in [0.05, 0.1) is 0 Å². The summed E-state index contributed by atoms with van der Waals surface area (Å²) < 4.78 is 59.6. The highest BCUT2D eigenvalue weighted by Crippen LogP contribution is 2.24. The van der Waals surface area contributed by atoms with Gasteiger partial charge in [0.25, 0.3) is 5.09 Å². The summed E-state index contributed by atoms with van der Waals surface area (Å²) in [4.78, 5) is -0.325. The Morgan fingerprint density at radius 2 is 1.79 bits per heavy atom. The Hall–Kier alpha value is -0.890. The van der Waals surface area contributed by atoms with E-state index < -0.39 is 25.2 Å². The van der Waals surface area contributed by atoms with Crippen molar-refractivity contribution in [2.45, 2.75) is 16.9 Å². The molecule has 1 heterocycles. The maximum atomic E-state index is 12.4. The van der Waals surface area contributed by atoms with E-state index in [1.165, 1.54) is 6.92 Å². The highest BCUT2D eigenvalue weighted by molar-refractivity contribution is 7.91. The third-order valence-corrected chi connectivity index (χ3v) is 3.38. The van der Waals surface area contributed by atoms with E-state index in [0.29, 0.717) is 6.07 Å². The molecule has 14 heavy (non-hydrogen) atoms. The van der Waals surface area contributed by atoms with Crippen LogP contribution in [0.15, 0.2) is 20.5 Å². The number of sulfone groups is 1. The Morgan fingerprint density at radius 1 is 1.29 bits per heavy atom. The molecular weight excluding hydrogens is 235 g/mol. The normalized spacial score (nSPS) is 13.1. The SMILES string of the molecule is Cc1oc(S(=O)(=O)F)cc1S(C)(=O)=O. The molecule has 0 aliphatic carbocycles. The van der Waals surface area contributed by atoms with E-state index in [4.69, 9.17) is 0 Å². The first kappa shape index (κ1) is 11.2. The van der Waals surface area contributed by atoms with E-state index in [9.17, 15) is 20.7 Å². The Balaban J connectivity index is 3.49. The summed E-state index contributed by atoms with van der Waals surface area (Å²) in [6.07, 6.45) is 0.874. The van der Waals surface area contributed by atoms with Crippen molar-refractivity contribution < 1.29 is 25.1 Å². The molecule has 80 valence electrons. The topological polar surface area (TPSA) is 81.4 Å². The molecule has 0 amide bonds. The van der Waals surface area contributed by atoms with E-state index in [1.807, 2.05) is 0 Å². The third kappa shape index (κ3) is 2.13. The number of furan rings is 1. The van der Waals surface area contributed by atoms with Gasteiger partial charge in [-0.1, -0.05) is 3.89 Å². The van der Waals surface area contributed by atoms with Gasteiger partial charge in [-0.25, -0.2) is 8.42 Å². The molecular formula is C6H7FO5S2. The average Bonchev–Trinajstić information content (AvgIpc) is 2.27. The van der Waals surface area contributed by atoms with Crippen molar-refractivity contribution in [2.24, 2.45) is 0 Å². The predicted octanol–water partition coefficient (Wildman–Crippen LogP) is 0.650. The second-order valence-electron chi connectivity index (χ2n) is 2.70. The largest absolute Gasteiger partial charge is 0.446 e. The number of hydrogen-bond acceptors (Lipinski definition) is 5. The van der Waals surface area contributed by atoms with Gasteiger partial charge in [0.2, 0.25) is 0 Å². The molecule has 0 N–H and O–H groups in total. The first-order valence-corrected chi connectivity index (χ1v) is 6.65. The zero-order chi connectivity index (χ0) is 11.1. The van der Waals surface area contributed by atoms with Crippen LogP contribution < -0.4 is 0 Å². The van der Waals surface area contributed by atoms with Gasteiger partial charge in [-0.05, 0) is 6.92 Å². The molecule has 0 spiro atoms. The first-order valence-electron chi connectivity index (χ1n) is 3.37. The van der Waals surface area contributed by atoms with Crippen LogP contribution in [0.5, 0.6) is 0 Å². The van der Waals surface area contributed by atoms with Gasteiger partial charge in [0.1, 0.15) is 10.7 Å². The van der Waals surface area contributed by atoms with Crippen LogP contribution in [0.1, 0.15) is 5.76 Å². The van der Waals surface area contributed by atoms with E-state index >= 15 is 0 Å². The minimum Gasteiger partial charge on any atom is -0.446 e. The zero-order valence-corrected chi connectivity index (χ0v) is 8.95. The molecule has 0 radical (unpaired) electrons. The molecule has 1 rings (SSSR count). The fourth-order valence-electron chi connectivity index (χ4n) is 0.928. The molecule has 0 fully saturated rings. The van der Waals surface area contributed by atoms with Crippen LogP contribution in [0.2, 0.25) is 0 Å². The molecule has 0 saturated heterocycles. The lowest BCUT2D eigenvalue weighted by atomic mass is 10.5. The second-order valence-corrected chi connectivity index (χ2v) is 5.96. The predicted molar refractivity (Wildman–Crippen MR) is 44.8 cm³/mol. The highest BCUT2D eigenvalue weighted by atomic mass is 32.3. The van der Waals surface area contributed by atoms with E-state index in [-0.39, 0.29) is 10.7 Å². The molecule has 5 nitrogen and oxygen atoms in total. The molecule has 0 bridgehead atoms. The van der Waals surface area contributed by atoms with Crippen LogP contribution in [0.25, 0.3) is 0 Å². The van der Waals surface area contributed by atoms with Crippen molar-refractivity contribution in [2.75, 3.05) is 6.26 Å². The Bertz CT molecular complexity index is 551. The van der Waals surface area contributed by atoms with Crippen LogP contribution in [-0.2, 0) is 20.1 Å². The summed E-state index contributed by atoms with van der Waals surface area (Å²) in [6, 6.07) is 0.653. The molecule has 1 aromatic heterocycles. The van der Waals surface area contributed by atoms with E-state index in [2.05, 4.69) is 4.42 Å². The standard InChI is InChI=1S/C6H7FO5S2/c1-4-5(13(2,8)9)3-6(12-4)14(7,10)11/h3H,1-2H3. The zero-order valence-electron chi connectivity index (χ0n) is 7.31. The molecule has 0 atom stereocenters. The summed E-state index contributed by atoms with van der Waals surface area (Å²) >= 11 is 0. The lowest BCUT2D eigenvalue weighted by molar-refractivity contribution is 0.413. The molecule has 0 unspecified atom stereocenters. The maximum Gasteiger partial charge on any atom is 0.365 e. The van der Waals surface area contributed by atoms with Gasteiger partial charge in [-0.2, -0.15) is 8.42 Å². The van der Waals surface area contributed by atoms with Crippen LogP contribution in [0.3, 0.4) is 0 Å². The summed E-state index contributed by atoms with van der Waals surface area (Å²) in [5, 5.41) is -0.990. The lowest BCUT2D eigenvalue weighted by Crippen LogP contribution is -1.96. The summed E-state index contributed by atoms with van der Waals surface area (Å²) in [5.41, 5.74) is 0. The van der Waals surface area contributed by atoms with Crippen LogP contribution in [-0.4, -0.2) is 23.1 Å². The van der Waals surface area contributed by atoms with Crippen molar-refractivity contribution in [1.29, 1.82) is 0 Å². The Kier molecular flexibility index (Phi) is 2.44. The molecule has 1 aromatic rings. The van der Waals surface area contributed by atoms with Gasteiger partial charge >= 0.3 is 10.2 Å². The van der Waals surface area contributed by atoms with Gasteiger partial charge in [0, 0.05) is 12.3 Å². The summed E-state index contributed by atoms with van der Waals surface area (Å²) in [5.74, 6) is -0.149. The Morgan fingerprint density at radius 3 is 2.00 bits per heavy atom. The Labute approximate surface area is 80.7 Å². The fourth-order valence-corrected chi connectivity index (χ4v) is 2.37. The smallest absolute Gasteiger partial charge is 0.365 e. The van der Waals surface area contributed by atoms with Gasteiger partial charge < -0.3 is 4.42 Å². The minimum atomic E-state index is -5.00. The molecule has 0 aliphatic heterocycles. The summed E-state index contributed by atoms with van der Waals surface area (Å²) in [6.45, 7) is 1.24. The average molecular weight is 242 g/mol. The van der Waals surface area contributed by atoms with Crippen LogP contribution >= 0.6 is 0 Å². The summed E-state index contributed by atoms with van der Waals surface area (Å²) in [7, 11) is -8.59. The molecule has 0 saturated carbocycles. The number of halogens is 1. The van der Waals surface area contributed by atoms with E-state index in [0.717, 1.165) is 6.26 Å². The molecule has 0 aromatic carbocycles. The fraction of sp³-hybridized carbons (Fsp3) is 0.333. The number of hydrogen-bond donors (Lipinski definition) is 0. The van der Waals surface area contributed by atoms with Crippen molar-refractivity contribution in [3.63, 3.8) is 0 Å². The van der Waals surface area contributed by atoms with Gasteiger partial charge in [-0.3, -0.25) is 0 Å². The molecule has 0 aliphatic rings. The quantitative estimate of drug-likeness (QED) is 0.711.